The van der Waals surface area contributed by atoms with Crippen molar-refractivity contribution in [3.63, 3.8) is 0 Å². The van der Waals surface area contributed by atoms with Gasteiger partial charge in [-0.1, -0.05) is 49.2 Å². The molecule has 0 aliphatic carbocycles. The lowest BCUT2D eigenvalue weighted by Crippen LogP contribution is -2.30. The number of halogens is 1. The number of carbonyl (C=O) groups excluding carboxylic acids is 1. The monoisotopic (exact) mass is 526 g/mol. The van der Waals surface area contributed by atoms with Gasteiger partial charge in [-0.3, -0.25) is 9.59 Å². The maximum absolute atomic E-state index is 12.6. The van der Waals surface area contributed by atoms with E-state index in [1.807, 2.05) is 18.0 Å². The van der Waals surface area contributed by atoms with Crippen molar-refractivity contribution in [1.82, 2.24) is 4.90 Å². The van der Waals surface area contributed by atoms with Crippen LogP contribution >= 0.6 is 11.6 Å². The summed E-state index contributed by atoms with van der Waals surface area (Å²) in [5, 5.41) is 7.69. The Morgan fingerprint density at radius 2 is 1.95 bits per heavy atom. The molecule has 2 aromatic carbocycles. The third-order valence-electron chi connectivity index (χ3n) is 6.96. The summed E-state index contributed by atoms with van der Waals surface area (Å²) in [5.74, 6) is 1.42. The molecule has 2 bridgehead atoms. The van der Waals surface area contributed by atoms with E-state index in [4.69, 9.17) is 26.2 Å². The molecule has 2 heterocycles. The van der Waals surface area contributed by atoms with Crippen molar-refractivity contribution in [2.24, 2.45) is 0 Å². The number of nitrogens with zero attached hydrogens (tertiary/aromatic N) is 2. The summed E-state index contributed by atoms with van der Waals surface area (Å²) >= 11 is 6.34. The molecule has 6 nitrogen and oxygen atoms in total. The summed E-state index contributed by atoms with van der Waals surface area (Å²) in [6, 6.07) is 12.8. The first-order valence-electron chi connectivity index (χ1n) is 13.2. The molecule has 1 N–H and O–H groups in total. The van der Waals surface area contributed by atoms with Crippen molar-refractivity contribution in [3.8, 4) is 5.75 Å². The number of anilines is 1. The second-order valence-corrected chi connectivity index (χ2v) is 10.1. The van der Waals surface area contributed by atoms with Crippen LogP contribution in [-0.4, -0.2) is 55.7 Å². The SMILES string of the molecule is CCCc1cc(Cl)ccc1C1COc2ccc3cc2N(CCCC/C=C/CN(C)C(=O)CC3)C1.O=CO. The molecular formula is C30H39ClN2O4. The lowest BCUT2D eigenvalue weighted by atomic mass is 9.92. The number of benzene rings is 2. The Morgan fingerprint density at radius 3 is 2.73 bits per heavy atom. The molecule has 0 fully saturated rings. The van der Waals surface area contributed by atoms with E-state index in [1.165, 1.54) is 16.7 Å². The average Bonchev–Trinajstić information content (AvgIpc) is 3.06. The number of fused-ring (bicyclic) bond motifs is 1. The van der Waals surface area contributed by atoms with Crippen LogP contribution in [0.25, 0.3) is 0 Å². The van der Waals surface area contributed by atoms with Crippen molar-refractivity contribution in [1.29, 1.82) is 0 Å². The maximum atomic E-state index is 12.6. The van der Waals surface area contributed by atoms with Crippen molar-refractivity contribution < 1.29 is 19.4 Å². The van der Waals surface area contributed by atoms with Gasteiger partial charge in [-0.2, -0.15) is 0 Å². The molecule has 2 aliphatic heterocycles. The minimum absolute atomic E-state index is 0.189. The van der Waals surface area contributed by atoms with Gasteiger partial charge in [-0.25, -0.2) is 0 Å². The van der Waals surface area contributed by atoms with Gasteiger partial charge in [-0.05, 0) is 73.1 Å². The average molecular weight is 527 g/mol. The molecule has 1 atom stereocenters. The van der Waals surface area contributed by atoms with Gasteiger partial charge < -0.3 is 19.6 Å². The van der Waals surface area contributed by atoms with E-state index >= 15 is 0 Å². The van der Waals surface area contributed by atoms with Crippen molar-refractivity contribution in [2.75, 3.05) is 38.2 Å². The molecule has 4 rings (SSSR count). The van der Waals surface area contributed by atoms with Crippen LogP contribution < -0.4 is 9.64 Å². The quantitative estimate of drug-likeness (QED) is 0.386. The summed E-state index contributed by atoms with van der Waals surface area (Å²) in [4.78, 5) is 25.2. The van der Waals surface area contributed by atoms with Crippen molar-refractivity contribution in [3.05, 3.63) is 70.3 Å². The highest BCUT2D eigenvalue weighted by Gasteiger charge is 2.26. The minimum Gasteiger partial charge on any atom is -0.491 e. The molecule has 1 amide bonds. The fourth-order valence-corrected chi connectivity index (χ4v) is 5.21. The van der Waals surface area contributed by atoms with E-state index in [9.17, 15) is 4.79 Å². The smallest absolute Gasteiger partial charge is 0.290 e. The van der Waals surface area contributed by atoms with E-state index in [0.717, 1.165) is 68.1 Å². The lowest BCUT2D eigenvalue weighted by molar-refractivity contribution is -0.129. The summed E-state index contributed by atoms with van der Waals surface area (Å²) in [5.41, 5.74) is 5.04. The first kappa shape index (κ1) is 28.6. The number of rotatable bonds is 3. The number of hydrogen-bond acceptors (Lipinski definition) is 4. The Kier molecular flexibility index (Phi) is 11.3. The fraction of sp³-hybridized carbons (Fsp3) is 0.467. The van der Waals surface area contributed by atoms with Crippen LogP contribution in [-0.2, 0) is 22.4 Å². The van der Waals surface area contributed by atoms with Crippen LogP contribution in [0, 0.1) is 0 Å². The highest BCUT2D eigenvalue weighted by atomic mass is 35.5. The van der Waals surface area contributed by atoms with E-state index < -0.39 is 0 Å². The molecule has 200 valence electrons. The Morgan fingerprint density at radius 1 is 1.14 bits per heavy atom. The summed E-state index contributed by atoms with van der Waals surface area (Å²) in [6.07, 6.45) is 11.0. The van der Waals surface area contributed by atoms with E-state index in [0.29, 0.717) is 19.6 Å². The second-order valence-electron chi connectivity index (χ2n) is 9.70. The predicted octanol–water partition coefficient (Wildman–Crippen LogP) is 6.11. The molecule has 0 saturated heterocycles. The summed E-state index contributed by atoms with van der Waals surface area (Å²) < 4.78 is 6.40. The van der Waals surface area contributed by atoms with Gasteiger partial charge in [0.05, 0.1) is 12.3 Å². The minimum atomic E-state index is -0.250. The Hall–Kier alpha value is -2.99. The van der Waals surface area contributed by atoms with Crippen LogP contribution in [0.2, 0.25) is 5.02 Å². The number of aryl methyl sites for hydroxylation is 2. The first-order chi connectivity index (χ1) is 18.0. The van der Waals surface area contributed by atoms with Crippen LogP contribution in [0.15, 0.2) is 48.6 Å². The molecule has 7 heteroatoms. The maximum Gasteiger partial charge on any atom is 0.290 e. The molecule has 2 aliphatic rings. The molecular weight excluding hydrogens is 488 g/mol. The van der Waals surface area contributed by atoms with Crippen molar-refractivity contribution >= 4 is 29.7 Å². The normalized spacial score (nSPS) is 19.3. The molecule has 37 heavy (non-hydrogen) atoms. The first-order valence-corrected chi connectivity index (χ1v) is 13.6. The van der Waals surface area contributed by atoms with E-state index in [2.05, 4.69) is 54.3 Å². The highest BCUT2D eigenvalue weighted by Crippen LogP contribution is 2.37. The molecule has 0 spiro atoms. The zero-order chi connectivity index (χ0) is 26.6. The molecule has 0 radical (unpaired) electrons. The Bertz CT molecular complexity index is 1070. The molecule has 1 unspecified atom stereocenters. The van der Waals surface area contributed by atoms with Gasteiger partial charge in [0.1, 0.15) is 5.75 Å². The highest BCUT2D eigenvalue weighted by molar-refractivity contribution is 6.30. The lowest BCUT2D eigenvalue weighted by Gasteiger charge is -2.28. The third-order valence-corrected chi connectivity index (χ3v) is 7.19. The van der Waals surface area contributed by atoms with Gasteiger partial charge in [0.15, 0.2) is 0 Å². The Balaban J connectivity index is 0.00000121. The van der Waals surface area contributed by atoms with Gasteiger partial charge >= 0.3 is 0 Å². The number of carbonyl (C=O) groups is 2. The standard InChI is InChI=1S/C29H37ClN2O2.CH2O2/c1-3-9-23-19-25(30)12-13-26(23)24-20-32-17-8-6-4-5-7-16-31(2)29(33)15-11-22-10-14-28(34-21-24)27(32)18-22;2-1-3/h5,7,10,12-14,18-19,24H,3-4,6,8-9,11,15-17,20-21H2,1-2H3;1H,(H,2,3)/b7-5+;. The number of ether oxygens (including phenoxy) is 1. The third kappa shape index (κ3) is 8.26. The van der Waals surface area contributed by atoms with Crippen LogP contribution in [0.1, 0.15) is 61.6 Å². The molecule has 2 aromatic rings. The van der Waals surface area contributed by atoms with Gasteiger partial charge in [0.25, 0.3) is 6.47 Å². The largest absolute Gasteiger partial charge is 0.491 e. The number of hydrogen-bond donors (Lipinski definition) is 1. The van der Waals surface area contributed by atoms with Crippen LogP contribution in [0.4, 0.5) is 5.69 Å². The van der Waals surface area contributed by atoms with Crippen molar-refractivity contribution in [2.45, 2.75) is 57.8 Å². The fourth-order valence-electron chi connectivity index (χ4n) is 5.01. The number of likely N-dealkylation sites (N-methyl/N-ethyl adjacent to an activating group) is 1. The van der Waals surface area contributed by atoms with Gasteiger partial charge in [0, 0.05) is 44.0 Å². The van der Waals surface area contributed by atoms with Gasteiger partial charge in [-0.15, -0.1) is 0 Å². The topological polar surface area (TPSA) is 70.1 Å². The molecule has 0 aromatic heterocycles. The molecule has 0 saturated carbocycles. The van der Waals surface area contributed by atoms with E-state index in [-0.39, 0.29) is 18.3 Å². The summed E-state index contributed by atoms with van der Waals surface area (Å²) in [6.45, 7) is 5.23. The summed E-state index contributed by atoms with van der Waals surface area (Å²) in [7, 11) is 1.89. The zero-order valence-electron chi connectivity index (χ0n) is 22.0. The van der Waals surface area contributed by atoms with Crippen LogP contribution in [0.5, 0.6) is 5.75 Å². The van der Waals surface area contributed by atoms with Crippen LogP contribution in [0.3, 0.4) is 0 Å². The number of allylic oxidation sites excluding steroid dienone is 1. The zero-order valence-corrected chi connectivity index (χ0v) is 22.8. The number of amides is 1. The number of carboxylic acid groups (broad SMARTS) is 1. The van der Waals surface area contributed by atoms with Gasteiger partial charge in [0.2, 0.25) is 5.91 Å². The predicted molar refractivity (Wildman–Crippen MR) is 150 cm³/mol. The van der Waals surface area contributed by atoms with E-state index in [1.54, 1.807) is 0 Å². The Labute approximate surface area is 225 Å². The second kappa shape index (κ2) is 14.7.